The maximum atomic E-state index is 12.5. The van der Waals surface area contributed by atoms with Crippen LogP contribution in [-0.4, -0.2) is 31.2 Å². The molecule has 0 spiro atoms. The van der Waals surface area contributed by atoms with Gasteiger partial charge in [0, 0.05) is 36.8 Å². The molecule has 2 aromatic rings. The molecule has 1 unspecified atom stereocenters. The van der Waals surface area contributed by atoms with Crippen LogP contribution in [0.25, 0.3) is 0 Å². The predicted molar refractivity (Wildman–Crippen MR) is 109 cm³/mol. The molecule has 1 amide bonds. The fourth-order valence-corrected chi connectivity index (χ4v) is 3.43. The average molecular weight is 455 g/mol. The van der Waals surface area contributed by atoms with Crippen molar-refractivity contribution in [2.45, 2.75) is 31.6 Å². The fourth-order valence-electron chi connectivity index (χ4n) is 2.72. The topological polar surface area (TPSA) is 58.4 Å². The van der Waals surface area contributed by atoms with Crippen molar-refractivity contribution in [3.63, 3.8) is 0 Å². The molecule has 0 bridgehead atoms. The van der Waals surface area contributed by atoms with Gasteiger partial charge in [0.2, 0.25) is 0 Å². The minimum Gasteiger partial charge on any atom is -0.374 e. The lowest BCUT2D eigenvalue weighted by atomic mass is 9.86. The van der Waals surface area contributed by atoms with Gasteiger partial charge in [-0.25, -0.2) is 0 Å². The summed E-state index contributed by atoms with van der Waals surface area (Å²) in [6, 6.07) is 10.3. The van der Waals surface area contributed by atoms with Crippen LogP contribution in [0.2, 0.25) is 0 Å². The highest BCUT2D eigenvalue weighted by molar-refractivity contribution is 14.1. The molecule has 0 aliphatic carbocycles. The highest BCUT2D eigenvalue weighted by atomic mass is 127. The van der Waals surface area contributed by atoms with Gasteiger partial charge in [0.1, 0.15) is 5.76 Å². The summed E-state index contributed by atoms with van der Waals surface area (Å²) < 4.78 is 5.93. The fraction of sp³-hybridized carbons (Fsp3) is 0.474. The summed E-state index contributed by atoms with van der Waals surface area (Å²) in [6.45, 7) is 7.66. The van der Waals surface area contributed by atoms with Crippen molar-refractivity contribution in [3.05, 3.63) is 47.3 Å². The number of carbonyl (C=O) groups excluding carboxylic acids is 1. The van der Waals surface area contributed by atoms with Crippen LogP contribution in [0.15, 0.2) is 34.9 Å². The largest absolute Gasteiger partial charge is 0.374 e. The zero-order chi connectivity index (χ0) is 18.4. The minimum absolute atomic E-state index is 0.0377. The van der Waals surface area contributed by atoms with E-state index in [1.807, 2.05) is 25.1 Å². The number of hydrogen-bond donors (Lipinski definition) is 1. The van der Waals surface area contributed by atoms with Crippen molar-refractivity contribution < 1.29 is 9.32 Å². The molecule has 1 atom stereocenters. The number of anilines is 1. The molecule has 5 nitrogen and oxygen atoms in total. The molecule has 2 rings (SSSR count). The van der Waals surface area contributed by atoms with Gasteiger partial charge in [-0.1, -0.05) is 59.8 Å². The summed E-state index contributed by atoms with van der Waals surface area (Å²) in [7, 11) is 2.08. The van der Waals surface area contributed by atoms with Gasteiger partial charge in [-0.3, -0.25) is 4.79 Å². The highest BCUT2D eigenvalue weighted by Gasteiger charge is 2.26. The van der Waals surface area contributed by atoms with Crippen LogP contribution >= 0.6 is 22.6 Å². The van der Waals surface area contributed by atoms with E-state index in [0.29, 0.717) is 16.7 Å². The quantitative estimate of drug-likeness (QED) is 0.479. The van der Waals surface area contributed by atoms with Gasteiger partial charge in [0.25, 0.3) is 5.91 Å². The Morgan fingerprint density at radius 2 is 2.04 bits per heavy atom. The molecule has 0 fully saturated rings. The molecule has 6 heteroatoms. The van der Waals surface area contributed by atoms with Crippen molar-refractivity contribution in [2.75, 3.05) is 25.0 Å². The standard InChI is InChI=1S/C19H26IN3O2/c1-5-19(3,13-23(4)15-9-7-6-8-10-15)12-21-18(24)17-14(2)16(11-20)25-22-17/h6-10H,5,11-13H2,1-4H3,(H,21,24). The van der Waals surface area contributed by atoms with E-state index in [9.17, 15) is 4.79 Å². The maximum absolute atomic E-state index is 12.5. The molecule has 1 aromatic carbocycles. The van der Waals surface area contributed by atoms with Crippen LogP contribution < -0.4 is 10.2 Å². The Kier molecular flexibility index (Phi) is 6.87. The number of para-hydroxylation sites is 1. The summed E-state index contributed by atoms with van der Waals surface area (Å²) in [5.41, 5.74) is 2.35. The highest BCUT2D eigenvalue weighted by Crippen LogP contribution is 2.24. The molecular formula is C19H26IN3O2. The van der Waals surface area contributed by atoms with Crippen molar-refractivity contribution in [2.24, 2.45) is 5.41 Å². The lowest BCUT2D eigenvalue weighted by Gasteiger charge is -2.34. The number of nitrogens with one attached hydrogen (secondary N) is 1. The zero-order valence-corrected chi connectivity index (χ0v) is 17.5. The molecular weight excluding hydrogens is 429 g/mol. The summed E-state index contributed by atoms with van der Waals surface area (Å²) >= 11 is 2.20. The molecule has 1 N–H and O–H groups in total. The van der Waals surface area contributed by atoms with Crippen LogP contribution in [0.5, 0.6) is 0 Å². The number of nitrogens with zero attached hydrogens (tertiary/aromatic N) is 2. The van der Waals surface area contributed by atoms with E-state index in [1.165, 1.54) is 5.69 Å². The van der Waals surface area contributed by atoms with Crippen LogP contribution in [0.1, 0.15) is 42.1 Å². The number of carbonyl (C=O) groups is 1. The number of alkyl halides is 1. The third-order valence-corrected chi connectivity index (χ3v) is 5.39. The summed E-state index contributed by atoms with van der Waals surface area (Å²) in [5.74, 6) is 0.590. The van der Waals surface area contributed by atoms with E-state index in [0.717, 1.165) is 24.3 Å². The molecule has 25 heavy (non-hydrogen) atoms. The van der Waals surface area contributed by atoms with Crippen LogP contribution in [0.4, 0.5) is 5.69 Å². The monoisotopic (exact) mass is 455 g/mol. The Balaban J connectivity index is 2.00. The molecule has 0 radical (unpaired) electrons. The zero-order valence-electron chi connectivity index (χ0n) is 15.3. The maximum Gasteiger partial charge on any atom is 0.273 e. The normalized spacial score (nSPS) is 13.3. The predicted octanol–water partition coefficient (Wildman–Crippen LogP) is 4.20. The lowest BCUT2D eigenvalue weighted by Crippen LogP contribution is -2.42. The first kappa shape index (κ1) is 19.8. The van der Waals surface area contributed by atoms with E-state index < -0.39 is 0 Å². The van der Waals surface area contributed by atoms with Crippen molar-refractivity contribution in [3.8, 4) is 0 Å². The van der Waals surface area contributed by atoms with Gasteiger partial charge in [-0.05, 0) is 25.5 Å². The van der Waals surface area contributed by atoms with Crippen LogP contribution in [0.3, 0.4) is 0 Å². The van der Waals surface area contributed by atoms with Gasteiger partial charge >= 0.3 is 0 Å². The first-order chi connectivity index (χ1) is 11.9. The molecule has 1 aromatic heterocycles. The Bertz CT molecular complexity index is 702. The molecule has 0 saturated heterocycles. The number of hydrogen-bond acceptors (Lipinski definition) is 4. The van der Waals surface area contributed by atoms with E-state index in [1.54, 1.807) is 0 Å². The van der Waals surface area contributed by atoms with Gasteiger partial charge < -0.3 is 14.7 Å². The van der Waals surface area contributed by atoms with Crippen molar-refractivity contribution in [1.29, 1.82) is 0 Å². The summed E-state index contributed by atoms with van der Waals surface area (Å²) in [6.07, 6.45) is 0.960. The first-order valence-electron chi connectivity index (χ1n) is 8.45. The van der Waals surface area contributed by atoms with Gasteiger partial charge in [0.05, 0.1) is 4.43 Å². The van der Waals surface area contributed by atoms with Gasteiger partial charge in [-0.2, -0.15) is 0 Å². The smallest absolute Gasteiger partial charge is 0.273 e. The summed E-state index contributed by atoms with van der Waals surface area (Å²) in [4.78, 5) is 14.7. The molecule has 0 aliphatic rings. The van der Waals surface area contributed by atoms with Gasteiger partial charge in [0.15, 0.2) is 5.69 Å². The molecule has 0 aliphatic heterocycles. The number of rotatable bonds is 8. The molecule has 1 heterocycles. The van der Waals surface area contributed by atoms with Gasteiger partial charge in [-0.15, -0.1) is 0 Å². The van der Waals surface area contributed by atoms with Crippen LogP contribution in [0, 0.1) is 12.3 Å². The lowest BCUT2D eigenvalue weighted by molar-refractivity contribution is 0.0923. The van der Waals surface area contributed by atoms with E-state index in [4.69, 9.17) is 4.52 Å². The second kappa shape index (κ2) is 8.69. The second-order valence-electron chi connectivity index (χ2n) is 6.75. The molecule has 0 saturated carbocycles. The third kappa shape index (κ3) is 4.96. The number of halogens is 1. The van der Waals surface area contributed by atoms with Crippen molar-refractivity contribution in [1.82, 2.24) is 10.5 Å². The number of amides is 1. The Morgan fingerprint density at radius 1 is 1.36 bits per heavy atom. The van der Waals surface area contributed by atoms with E-state index >= 15 is 0 Å². The number of aromatic nitrogens is 1. The Morgan fingerprint density at radius 3 is 2.60 bits per heavy atom. The minimum atomic E-state index is -0.167. The van der Waals surface area contributed by atoms with E-state index in [2.05, 4.69) is 71.0 Å². The third-order valence-electron chi connectivity index (χ3n) is 4.70. The average Bonchev–Trinajstić information content (AvgIpc) is 3.01. The van der Waals surface area contributed by atoms with Crippen LogP contribution in [-0.2, 0) is 4.43 Å². The number of benzene rings is 1. The Hall–Kier alpha value is -1.57. The SMILES string of the molecule is CCC(C)(CNC(=O)c1noc(CI)c1C)CN(C)c1ccccc1. The second-order valence-corrected chi connectivity index (χ2v) is 7.51. The summed E-state index contributed by atoms with van der Waals surface area (Å²) in [5, 5.41) is 6.95. The first-order valence-corrected chi connectivity index (χ1v) is 9.98. The van der Waals surface area contributed by atoms with Crippen molar-refractivity contribution >= 4 is 34.2 Å². The molecule has 136 valence electrons. The Labute approximate surface area is 163 Å². The van der Waals surface area contributed by atoms with E-state index in [-0.39, 0.29) is 11.3 Å².